The van der Waals surface area contributed by atoms with E-state index in [1.165, 1.54) is 19.2 Å². The van der Waals surface area contributed by atoms with Gasteiger partial charge in [-0.2, -0.15) is 0 Å². The maximum absolute atomic E-state index is 13.6. The van der Waals surface area contributed by atoms with Gasteiger partial charge < -0.3 is 4.74 Å². The van der Waals surface area contributed by atoms with Gasteiger partial charge in [-0.1, -0.05) is 0 Å². The van der Waals surface area contributed by atoms with Crippen molar-refractivity contribution in [3.8, 4) is 0 Å². The second kappa shape index (κ2) is 4.20. The Hall–Kier alpha value is -1.45. The number of nitrogens with zero attached hydrogens (tertiary/aromatic N) is 1. The quantitative estimate of drug-likeness (QED) is 0.719. The Labute approximate surface area is 93.0 Å². The highest BCUT2D eigenvalue weighted by Gasteiger charge is 2.25. The zero-order valence-electron chi connectivity index (χ0n) is 9.26. The number of halogens is 2. The van der Waals surface area contributed by atoms with Crippen molar-refractivity contribution in [1.29, 1.82) is 0 Å². The maximum atomic E-state index is 13.6. The number of methoxy groups -OCH3 is 1. The van der Waals surface area contributed by atoms with Gasteiger partial charge in [-0.25, -0.2) is 13.8 Å². The molecule has 2 rings (SSSR count). The average molecular weight is 225 g/mol. The van der Waals surface area contributed by atoms with Crippen LogP contribution in [0.15, 0.2) is 17.1 Å². The van der Waals surface area contributed by atoms with Gasteiger partial charge in [-0.15, -0.1) is 0 Å². The monoisotopic (exact) mass is 225 g/mol. The molecule has 1 atom stereocenters. The number of benzene rings is 1. The van der Waals surface area contributed by atoms with E-state index in [0.29, 0.717) is 24.3 Å². The maximum Gasteiger partial charge on any atom is 0.183 e. The van der Waals surface area contributed by atoms with Crippen LogP contribution in [-0.4, -0.2) is 13.0 Å². The van der Waals surface area contributed by atoms with E-state index in [-0.39, 0.29) is 5.56 Å². The highest BCUT2D eigenvalue weighted by Crippen LogP contribution is 2.33. The molecule has 1 aliphatic heterocycles. The molecule has 86 valence electrons. The van der Waals surface area contributed by atoms with Crippen molar-refractivity contribution in [2.75, 3.05) is 7.11 Å². The van der Waals surface area contributed by atoms with Crippen LogP contribution in [0.2, 0.25) is 0 Å². The molecule has 0 saturated heterocycles. The lowest BCUT2D eigenvalue weighted by Gasteiger charge is -2.10. The van der Waals surface area contributed by atoms with E-state index in [1.807, 2.05) is 0 Å². The zero-order chi connectivity index (χ0) is 11.7. The summed E-state index contributed by atoms with van der Waals surface area (Å²) in [5.74, 6) is -0.489. The number of ether oxygens (including phenoxy) is 1. The molecular weight excluding hydrogens is 212 g/mol. The highest BCUT2D eigenvalue weighted by atomic mass is 19.1. The lowest BCUT2D eigenvalue weighted by Crippen LogP contribution is -2.01. The molecule has 1 aromatic carbocycles. The molecular formula is C12H13F2NO. The predicted octanol–water partition coefficient (Wildman–Crippen LogP) is 3.15. The Bertz CT molecular complexity index is 420. The van der Waals surface area contributed by atoms with Crippen LogP contribution in [0.3, 0.4) is 0 Å². The number of aryl methyl sites for hydroxylation is 1. The van der Waals surface area contributed by atoms with Gasteiger partial charge in [-0.05, 0) is 31.0 Å². The normalized spacial score (nSPS) is 19.8. The van der Waals surface area contributed by atoms with E-state index in [2.05, 4.69) is 4.99 Å². The van der Waals surface area contributed by atoms with Crippen molar-refractivity contribution >= 4 is 5.90 Å². The van der Waals surface area contributed by atoms with E-state index in [4.69, 9.17) is 4.74 Å². The van der Waals surface area contributed by atoms with Crippen LogP contribution in [0, 0.1) is 18.6 Å². The molecule has 1 heterocycles. The van der Waals surface area contributed by atoms with Crippen LogP contribution in [0.1, 0.15) is 30.0 Å². The van der Waals surface area contributed by atoms with Crippen LogP contribution < -0.4 is 0 Å². The third kappa shape index (κ3) is 1.92. The lowest BCUT2D eigenvalue weighted by atomic mass is 10.0. The Morgan fingerprint density at radius 3 is 2.44 bits per heavy atom. The van der Waals surface area contributed by atoms with Crippen molar-refractivity contribution < 1.29 is 13.5 Å². The molecule has 16 heavy (non-hydrogen) atoms. The van der Waals surface area contributed by atoms with E-state index in [0.717, 1.165) is 0 Å². The van der Waals surface area contributed by atoms with E-state index < -0.39 is 17.7 Å². The van der Waals surface area contributed by atoms with Crippen LogP contribution in [-0.2, 0) is 4.74 Å². The summed E-state index contributed by atoms with van der Waals surface area (Å²) in [4.78, 5) is 4.14. The first kappa shape index (κ1) is 11.0. The average Bonchev–Trinajstić information content (AvgIpc) is 2.64. The Morgan fingerprint density at radius 1 is 1.31 bits per heavy atom. The van der Waals surface area contributed by atoms with Crippen molar-refractivity contribution in [1.82, 2.24) is 0 Å². The van der Waals surface area contributed by atoms with Gasteiger partial charge in [0.05, 0.1) is 13.2 Å². The molecule has 0 radical (unpaired) electrons. The number of hydrogen-bond acceptors (Lipinski definition) is 2. The van der Waals surface area contributed by atoms with E-state index in [1.54, 1.807) is 6.92 Å². The molecule has 0 aromatic heterocycles. The minimum absolute atomic E-state index is 0.0534. The second-order valence-corrected chi connectivity index (χ2v) is 3.92. The summed E-state index contributed by atoms with van der Waals surface area (Å²) in [5.41, 5.74) is 0.630. The van der Waals surface area contributed by atoms with E-state index in [9.17, 15) is 8.78 Å². The van der Waals surface area contributed by atoms with Gasteiger partial charge in [0.25, 0.3) is 0 Å². The molecule has 0 spiro atoms. The van der Waals surface area contributed by atoms with Gasteiger partial charge in [0.2, 0.25) is 0 Å². The second-order valence-electron chi connectivity index (χ2n) is 3.92. The summed E-state index contributed by atoms with van der Waals surface area (Å²) in [6, 6.07) is 2.22. The highest BCUT2D eigenvalue weighted by molar-refractivity contribution is 5.78. The van der Waals surface area contributed by atoms with Gasteiger partial charge >= 0.3 is 0 Å². The number of aliphatic imine (C=N–C) groups is 1. The summed E-state index contributed by atoms with van der Waals surface area (Å²) in [6.45, 7) is 1.66. The molecule has 4 heteroatoms. The standard InChI is InChI=1S/C12H13F2NO/c1-7-5-8(13)12(9(14)6-7)10-3-4-11(15-10)16-2/h5-6,10H,3-4H2,1-2H3. The van der Waals surface area contributed by atoms with E-state index >= 15 is 0 Å². The summed E-state index contributed by atoms with van der Waals surface area (Å²) in [5, 5.41) is 0. The molecule has 0 aliphatic carbocycles. The summed E-state index contributed by atoms with van der Waals surface area (Å²) >= 11 is 0. The smallest absolute Gasteiger partial charge is 0.183 e. The minimum Gasteiger partial charge on any atom is -0.484 e. The molecule has 0 saturated carbocycles. The SMILES string of the molecule is COC1=NC(c2c(F)cc(C)cc2F)CC1. The first-order valence-corrected chi connectivity index (χ1v) is 5.18. The predicted molar refractivity (Wildman–Crippen MR) is 57.5 cm³/mol. The number of hydrogen-bond donors (Lipinski definition) is 0. The van der Waals surface area contributed by atoms with Crippen molar-refractivity contribution in [3.05, 3.63) is 34.9 Å². The fourth-order valence-electron chi connectivity index (χ4n) is 1.96. The molecule has 0 fully saturated rings. The topological polar surface area (TPSA) is 21.6 Å². The third-order valence-electron chi connectivity index (χ3n) is 2.72. The van der Waals surface area contributed by atoms with Crippen molar-refractivity contribution in [2.24, 2.45) is 4.99 Å². The third-order valence-corrected chi connectivity index (χ3v) is 2.72. The summed E-state index contributed by atoms with van der Waals surface area (Å²) < 4.78 is 32.3. The zero-order valence-corrected chi connectivity index (χ0v) is 9.26. The molecule has 0 amide bonds. The first-order valence-electron chi connectivity index (χ1n) is 5.18. The van der Waals surface area contributed by atoms with Crippen LogP contribution in [0.4, 0.5) is 8.78 Å². The molecule has 0 bridgehead atoms. The van der Waals surface area contributed by atoms with Crippen LogP contribution >= 0.6 is 0 Å². The Kier molecular flexibility index (Phi) is 2.90. The summed E-state index contributed by atoms with van der Waals surface area (Å²) in [6.07, 6.45) is 1.23. The van der Waals surface area contributed by atoms with Gasteiger partial charge in [0, 0.05) is 12.0 Å². The molecule has 2 nitrogen and oxygen atoms in total. The van der Waals surface area contributed by atoms with Gasteiger partial charge in [-0.3, -0.25) is 0 Å². The minimum atomic E-state index is -0.524. The van der Waals surface area contributed by atoms with Crippen molar-refractivity contribution in [3.63, 3.8) is 0 Å². The van der Waals surface area contributed by atoms with Crippen molar-refractivity contribution in [2.45, 2.75) is 25.8 Å². The fourth-order valence-corrected chi connectivity index (χ4v) is 1.96. The molecule has 1 aliphatic rings. The summed E-state index contributed by atoms with van der Waals surface area (Å²) in [7, 11) is 1.52. The lowest BCUT2D eigenvalue weighted by molar-refractivity contribution is 0.395. The number of rotatable bonds is 1. The molecule has 1 aromatic rings. The van der Waals surface area contributed by atoms with Crippen LogP contribution in [0.5, 0.6) is 0 Å². The Balaban J connectivity index is 2.38. The largest absolute Gasteiger partial charge is 0.484 e. The Morgan fingerprint density at radius 2 is 1.94 bits per heavy atom. The fraction of sp³-hybridized carbons (Fsp3) is 0.417. The van der Waals surface area contributed by atoms with Crippen LogP contribution in [0.25, 0.3) is 0 Å². The first-order chi connectivity index (χ1) is 7.61. The molecule has 0 N–H and O–H groups in total. The van der Waals surface area contributed by atoms with Gasteiger partial charge in [0.15, 0.2) is 5.90 Å². The molecule has 1 unspecified atom stereocenters. The van der Waals surface area contributed by atoms with Gasteiger partial charge in [0.1, 0.15) is 11.6 Å².